The summed E-state index contributed by atoms with van der Waals surface area (Å²) in [5, 5.41) is 0. The van der Waals surface area contributed by atoms with Crippen LogP contribution in [0.4, 0.5) is 0 Å². The molecular formula is C15H26N2O. The Balaban J connectivity index is 1.77. The van der Waals surface area contributed by atoms with Gasteiger partial charge in [0.15, 0.2) is 0 Å². The second-order valence-electron chi connectivity index (χ2n) is 6.10. The molecule has 0 radical (unpaired) electrons. The topological polar surface area (TPSA) is 23.6 Å². The van der Waals surface area contributed by atoms with Gasteiger partial charge in [-0.2, -0.15) is 0 Å². The van der Waals surface area contributed by atoms with Gasteiger partial charge < -0.3 is 9.80 Å². The summed E-state index contributed by atoms with van der Waals surface area (Å²) in [4.78, 5) is 16.7. The van der Waals surface area contributed by atoms with E-state index >= 15 is 0 Å². The van der Waals surface area contributed by atoms with E-state index < -0.39 is 0 Å². The summed E-state index contributed by atoms with van der Waals surface area (Å²) in [6.07, 6.45) is 7.37. The molecular weight excluding hydrogens is 224 g/mol. The summed E-state index contributed by atoms with van der Waals surface area (Å²) >= 11 is 0. The fourth-order valence-corrected chi connectivity index (χ4v) is 3.09. The van der Waals surface area contributed by atoms with Gasteiger partial charge in [0.2, 0.25) is 5.91 Å². The fraction of sp³-hybridized carbons (Fsp3) is 0.800. The normalized spacial score (nSPS) is 25.2. The first kappa shape index (κ1) is 13.6. The monoisotopic (exact) mass is 250 g/mol. The van der Waals surface area contributed by atoms with E-state index in [9.17, 15) is 4.79 Å². The van der Waals surface area contributed by atoms with Gasteiger partial charge in [-0.3, -0.25) is 4.79 Å². The molecule has 0 spiro atoms. The van der Waals surface area contributed by atoms with Crippen LogP contribution in [0.25, 0.3) is 0 Å². The Morgan fingerprint density at radius 3 is 2.61 bits per heavy atom. The van der Waals surface area contributed by atoms with Crippen molar-refractivity contribution in [2.75, 3.05) is 26.7 Å². The van der Waals surface area contributed by atoms with Crippen LogP contribution in [0.1, 0.15) is 33.1 Å². The third kappa shape index (κ3) is 3.14. The lowest BCUT2D eigenvalue weighted by molar-refractivity contribution is -0.134. The Morgan fingerprint density at radius 1 is 1.39 bits per heavy atom. The first-order valence-electron chi connectivity index (χ1n) is 7.22. The Labute approximate surface area is 111 Å². The molecule has 3 heteroatoms. The van der Waals surface area contributed by atoms with Crippen molar-refractivity contribution < 1.29 is 4.79 Å². The third-order valence-corrected chi connectivity index (χ3v) is 4.31. The van der Waals surface area contributed by atoms with E-state index in [0.717, 1.165) is 25.9 Å². The van der Waals surface area contributed by atoms with Gasteiger partial charge in [0, 0.05) is 32.1 Å². The number of rotatable bonds is 4. The second kappa shape index (κ2) is 5.87. The van der Waals surface area contributed by atoms with Gasteiger partial charge in [-0.15, -0.1) is 0 Å². The lowest BCUT2D eigenvalue weighted by Crippen LogP contribution is -2.37. The molecule has 1 saturated heterocycles. The minimum Gasteiger partial charge on any atom is -0.345 e. The first-order chi connectivity index (χ1) is 8.58. The molecule has 18 heavy (non-hydrogen) atoms. The van der Waals surface area contributed by atoms with Crippen LogP contribution in [0.3, 0.4) is 0 Å². The van der Waals surface area contributed by atoms with Gasteiger partial charge in [0.25, 0.3) is 0 Å². The molecule has 1 amide bonds. The highest BCUT2D eigenvalue weighted by Gasteiger charge is 2.28. The van der Waals surface area contributed by atoms with Gasteiger partial charge >= 0.3 is 0 Å². The number of carbonyl (C=O) groups is 1. The molecule has 2 aliphatic rings. The van der Waals surface area contributed by atoms with Crippen molar-refractivity contribution in [3.63, 3.8) is 0 Å². The van der Waals surface area contributed by atoms with Crippen LogP contribution < -0.4 is 0 Å². The molecule has 0 unspecified atom stereocenters. The SMILES string of the molecule is CC(C)N1CC[C@H](CN(C)C(=O)C2CC=CC2)C1. The predicted molar refractivity (Wildman–Crippen MR) is 74.3 cm³/mol. The molecule has 0 saturated carbocycles. The average molecular weight is 250 g/mol. The number of hydrogen-bond acceptors (Lipinski definition) is 2. The maximum atomic E-state index is 12.2. The summed E-state index contributed by atoms with van der Waals surface area (Å²) in [7, 11) is 1.97. The summed E-state index contributed by atoms with van der Waals surface area (Å²) < 4.78 is 0. The molecule has 0 aromatic carbocycles. The van der Waals surface area contributed by atoms with Crippen LogP contribution >= 0.6 is 0 Å². The minimum atomic E-state index is 0.220. The van der Waals surface area contributed by atoms with E-state index in [4.69, 9.17) is 0 Å². The van der Waals surface area contributed by atoms with E-state index in [1.54, 1.807) is 0 Å². The highest BCUT2D eigenvalue weighted by Crippen LogP contribution is 2.23. The van der Waals surface area contributed by atoms with E-state index in [2.05, 4.69) is 30.9 Å². The lowest BCUT2D eigenvalue weighted by atomic mass is 10.0. The van der Waals surface area contributed by atoms with Crippen LogP contribution in [0.2, 0.25) is 0 Å². The quantitative estimate of drug-likeness (QED) is 0.714. The van der Waals surface area contributed by atoms with Crippen molar-refractivity contribution in [2.24, 2.45) is 11.8 Å². The minimum absolute atomic E-state index is 0.220. The van der Waals surface area contributed by atoms with Gasteiger partial charge in [-0.05, 0) is 45.6 Å². The number of amides is 1. The number of allylic oxidation sites excluding steroid dienone is 2. The number of likely N-dealkylation sites (tertiary alicyclic amines) is 1. The first-order valence-corrected chi connectivity index (χ1v) is 7.22. The Morgan fingerprint density at radius 2 is 2.06 bits per heavy atom. The second-order valence-corrected chi connectivity index (χ2v) is 6.10. The van der Waals surface area contributed by atoms with Crippen molar-refractivity contribution >= 4 is 5.91 Å². The molecule has 1 aliphatic carbocycles. The van der Waals surface area contributed by atoms with Gasteiger partial charge in [0.1, 0.15) is 0 Å². The smallest absolute Gasteiger partial charge is 0.226 e. The van der Waals surface area contributed by atoms with E-state index in [1.165, 1.54) is 13.0 Å². The van der Waals surface area contributed by atoms with Crippen LogP contribution in [0.15, 0.2) is 12.2 Å². The molecule has 1 atom stereocenters. The summed E-state index contributed by atoms with van der Waals surface area (Å²) in [5.74, 6) is 1.22. The predicted octanol–water partition coefficient (Wildman–Crippen LogP) is 2.14. The van der Waals surface area contributed by atoms with Crippen LogP contribution in [0.5, 0.6) is 0 Å². The standard InChI is InChI=1S/C15H26N2O/c1-12(2)17-9-8-13(11-17)10-16(3)15(18)14-6-4-5-7-14/h4-5,12-14H,6-11H2,1-3H3/t13-/m1/s1. The van der Waals surface area contributed by atoms with Crippen molar-refractivity contribution in [1.29, 1.82) is 0 Å². The van der Waals surface area contributed by atoms with Gasteiger partial charge in [-0.25, -0.2) is 0 Å². The summed E-state index contributed by atoms with van der Waals surface area (Å²) in [5.41, 5.74) is 0. The summed E-state index contributed by atoms with van der Waals surface area (Å²) in [6, 6.07) is 0.634. The molecule has 1 heterocycles. The molecule has 1 aliphatic heterocycles. The number of hydrogen-bond donors (Lipinski definition) is 0. The molecule has 2 rings (SSSR count). The van der Waals surface area contributed by atoms with E-state index in [-0.39, 0.29) is 5.92 Å². The lowest BCUT2D eigenvalue weighted by Gasteiger charge is -2.25. The van der Waals surface area contributed by atoms with Crippen molar-refractivity contribution in [3.8, 4) is 0 Å². The molecule has 0 aromatic rings. The highest BCUT2D eigenvalue weighted by molar-refractivity contribution is 5.79. The Bertz CT molecular complexity index is 316. The molecule has 1 fully saturated rings. The zero-order valence-electron chi connectivity index (χ0n) is 11.9. The number of carbonyl (C=O) groups excluding carboxylic acids is 1. The maximum absolute atomic E-state index is 12.2. The van der Waals surface area contributed by atoms with Crippen LogP contribution in [0, 0.1) is 11.8 Å². The molecule has 3 nitrogen and oxygen atoms in total. The zero-order valence-corrected chi connectivity index (χ0v) is 11.9. The molecule has 0 bridgehead atoms. The highest BCUT2D eigenvalue weighted by atomic mass is 16.2. The average Bonchev–Trinajstić information content (AvgIpc) is 2.98. The largest absolute Gasteiger partial charge is 0.345 e. The van der Waals surface area contributed by atoms with E-state index in [1.807, 2.05) is 11.9 Å². The van der Waals surface area contributed by atoms with Gasteiger partial charge in [0.05, 0.1) is 0 Å². The third-order valence-electron chi connectivity index (χ3n) is 4.31. The zero-order chi connectivity index (χ0) is 13.1. The maximum Gasteiger partial charge on any atom is 0.226 e. The van der Waals surface area contributed by atoms with Crippen LogP contribution in [-0.2, 0) is 4.79 Å². The molecule has 102 valence electrons. The molecule has 0 N–H and O–H groups in total. The van der Waals surface area contributed by atoms with Crippen molar-refractivity contribution in [1.82, 2.24) is 9.80 Å². The molecule has 0 aromatic heterocycles. The fourth-order valence-electron chi connectivity index (χ4n) is 3.09. The number of nitrogens with zero attached hydrogens (tertiary/aromatic N) is 2. The van der Waals surface area contributed by atoms with Crippen LogP contribution in [-0.4, -0.2) is 48.4 Å². The summed E-state index contributed by atoms with van der Waals surface area (Å²) in [6.45, 7) is 7.77. The van der Waals surface area contributed by atoms with Crippen molar-refractivity contribution in [2.45, 2.75) is 39.2 Å². The Kier molecular flexibility index (Phi) is 4.44. The van der Waals surface area contributed by atoms with Gasteiger partial charge in [-0.1, -0.05) is 12.2 Å². The Hall–Kier alpha value is -0.830. The van der Waals surface area contributed by atoms with E-state index in [0.29, 0.717) is 17.9 Å². The van der Waals surface area contributed by atoms with Crippen molar-refractivity contribution in [3.05, 3.63) is 12.2 Å².